The Hall–Kier alpha value is -1.95. The van der Waals surface area contributed by atoms with Crippen molar-refractivity contribution in [2.75, 3.05) is 31.1 Å². The summed E-state index contributed by atoms with van der Waals surface area (Å²) < 4.78 is 1.12. The monoisotopic (exact) mass is 417 g/mol. The first-order valence-corrected chi connectivity index (χ1v) is 10.3. The van der Waals surface area contributed by atoms with Crippen LogP contribution in [0.5, 0.6) is 0 Å². The van der Waals surface area contributed by atoms with Crippen LogP contribution in [0.3, 0.4) is 0 Å². The maximum atomic E-state index is 13.4. The number of carbonyl (C=O) groups excluding carboxylic acids is 1. The van der Waals surface area contributed by atoms with Crippen LogP contribution in [0.2, 0.25) is 0 Å². The lowest BCUT2D eigenvalue weighted by molar-refractivity contribution is 0.0983. The minimum atomic E-state index is 0. The summed E-state index contributed by atoms with van der Waals surface area (Å²) in [5, 5.41) is 0.778. The van der Waals surface area contributed by atoms with Gasteiger partial charge in [-0.3, -0.25) is 9.69 Å². The molecule has 0 saturated carbocycles. The number of thiazole rings is 1. The Balaban J connectivity index is 0.00000280. The molecule has 0 aliphatic carbocycles. The quantitative estimate of drug-likeness (QED) is 0.521. The van der Waals surface area contributed by atoms with Crippen LogP contribution in [-0.4, -0.2) is 42.0 Å². The number of likely N-dealkylation sites (N-methyl/N-ethyl adjacent to an activating group) is 1. The zero-order valence-electron chi connectivity index (χ0n) is 16.9. The first-order chi connectivity index (χ1) is 13.0. The molecule has 4 nitrogen and oxygen atoms in total. The number of benzene rings is 2. The van der Waals surface area contributed by atoms with Gasteiger partial charge in [-0.05, 0) is 50.2 Å². The molecule has 28 heavy (non-hydrogen) atoms. The van der Waals surface area contributed by atoms with Crippen molar-refractivity contribution >= 4 is 45.0 Å². The highest BCUT2D eigenvalue weighted by Crippen LogP contribution is 2.31. The fourth-order valence-corrected chi connectivity index (χ4v) is 4.28. The van der Waals surface area contributed by atoms with Crippen LogP contribution in [0.15, 0.2) is 42.5 Å². The molecule has 3 aromatic rings. The van der Waals surface area contributed by atoms with E-state index in [-0.39, 0.29) is 18.3 Å². The molecule has 0 bridgehead atoms. The van der Waals surface area contributed by atoms with Crippen molar-refractivity contribution in [3.63, 3.8) is 0 Å². The summed E-state index contributed by atoms with van der Waals surface area (Å²) in [7, 11) is 0. The molecule has 3 rings (SSSR count). The maximum Gasteiger partial charge on any atom is 0.260 e. The van der Waals surface area contributed by atoms with Gasteiger partial charge >= 0.3 is 0 Å². The van der Waals surface area contributed by atoms with Crippen LogP contribution in [0.4, 0.5) is 5.13 Å². The van der Waals surface area contributed by atoms with E-state index < -0.39 is 0 Å². The molecule has 1 aromatic heterocycles. The van der Waals surface area contributed by atoms with Crippen molar-refractivity contribution in [3.8, 4) is 0 Å². The number of amides is 1. The molecule has 150 valence electrons. The minimum absolute atomic E-state index is 0. The standard InChI is InChI=1S/C22H27N3OS.ClH/c1-5-24(6-2)14-15-25(21(26)18-12-8-7-10-16(18)3)22-23-20-17(4)11-9-13-19(20)27-22;/h7-13H,5-6,14-15H2,1-4H3;1H. The van der Waals surface area contributed by atoms with Gasteiger partial charge in [0.1, 0.15) is 0 Å². The number of hydrogen-bond donors (Lipinski definition) is 0. The lowest BCUT2D eigenvalue weighted by Gasteiger charge is -2.25. The summed E-state index contributed by atoms with van der Waals surface area (Å²) in [5.41, 5.74) is 3.87. The third-order valence-corrected chi connectivity index (χ3v) is 6.04. The molecule has 0 saturated heterocycles. The first kappa shape index (κ1) is 22.3. The maximum absolute atomic E-state index is 13.4. The molecule has 0 aliphatic rings. The van der Waals surface area contributed by atoms with Crippen LogP contribution < -0.4 is 4.90 Å². The van der Waals surface area contributed by atoms with Crippen molar-refractivity contribution in [2.24, 2.45) is 0 Å². The van der Waals surface area contributed by atoms with Crippen LogP contribution in [0.1, 0.15) is 35.3 Å². The lowest BCUT2D eigenvalue weighted by Crippen LogP contribution is -2.39. The van der Waals surface area contributed by atoms with Crippen molar-refractivity contribution in [1.29, 1.82) is 0 Å². The fraction of sp³-hybridized carbons (Fsp3) is 0.364. The summed E-state index contributed by atoms with van der Waals surface area (Å²) >= 11 is 1.59. The Morgan fingerprint density at radius 3 is 2.29 bits per heavy atom. The fourth-order valence-electron chi connectivity index (χ4n) is 3.21. The van der Waals surface area contributed by atoms with Gasteiger partial charge in [-0.15, -0.1) is 12.4 Å². The molecule has 0 aliphatic heterocycles. The summed E-state index contributed by atoms with van der Waals surface area (Å²) in [5.74, 6) is 0.0250. The number of fused-ring (bicyclic) bond motifs is 1. The van der Waals surface area contributed by atoms with E-state index in [0.29, 0.717) is 6.54 Å². The molecule has 0 radical (unpaired) electrons. The molecule has 2 aromatic carbocycles. The second-order valence-electron chi connectivity index (χ2n) is 6.72. The molecular weight excluding hydrogens is 390 g/mol. The number of carbonyl (C=O) groups is 1. The molecule has 0 unspecified atom stereocenters. The summed E-state index contributed by atoms with van der Waals surface area (Å²) in [6.07, 6.45) is 0. The van der Waals surface area contributed by atoms with Gasteiger partial charge in [-0.1, -0.05) is 55.5 Å². The van der Waals surface area contributed by atoms with Gasteiger partial charge in [0.15, 0.2) is 5.13 Å². The van der Waals surface area contributed by atoms with Crippen LogP contribution in [-0.2, 0) is 0 Å². The Morgan fingerprint density at radius 2 is 1.64 bits per heavy atom. The number of hydrogen-bond acceptors (Lipinski definition) is 4. The van der Waals surface area contributed by atoms with E-state index in [4.69, 9.17) is 4.98 Å². The van der Waals surface area contributed by atoms with E-state index >= 15 is 0 Å². The Bertz CT molecular complexity index is 936. The van der Waals surface area contributed by atoms with Gasteiger partial charge in [-0.25, -0.2) is 4.98 Å². The number of anilines is 1. The number of aryl methyl sites for hydroxylation is 2. The minimum Gasteiger partial charge on any atom is -0.302 e. The van der Waals surface area contributed by atoms with Crippen LogP contribution in [0, 0.1) is 13.8 Å². The second-order valence-corrected chi connectivity index (χ2v) is 7.73. The van der Waals surface area contributed by atoms with Crippen LogP contribution >= 0.6 is 23.7 Å². The van der Waals surface area contributed by atoms with Crippen molar-refractivity contribution < 1.29 is 4.79 Å². The van der Waals surface area contributed by atoms with Crippen molar-refractivity contribution in [3.05, 3.63) is 59.2 Å². The van der Waals surface area contributed by atoms with E-state index in [1.807, 2.05) is 42.2 Å². The predicted molar refractivity (Wildman–Crippen MR) is 122 cm³/mol. The zero-order valence-corrected chi connectivity index (χ0v) is 18.6. The molecule has 1 heterocycles. The smallest absolute Gasteiger partial charge is 0.260 e. The number of aromatic nitrogens is 1. The third kappa shape index (κ3) is 4.72. The lowest BCUT2D eigenvalue weighted by atomic mass is 10.1. The van der Waals surface area contributed by atoms with Gasteiger partial charge in [0.05, 0.1) is 10.2 Å². The average Bonchev–Trinajstić information content (AvgIpc) is 3.10. The van der Waals surface area contributed by atoms with Gasteiger partial charge in [0.25, 0.3) is 5.91 Å². The van der Waals surface area contributed by atoms with Crippen molar-refractivity contribution in [2.45, 2.75) is 27.7 Å². The largest absolute Gasteiger partial charge is 0.302 e. The number of rotatable bonds is 7. The van der Waals surface area contributed by atoms with Gasteiger partial charge < -0.3 is 4.90 Å². The zero-order chi connectivity index (χ0) is 19.4. The number of halogens is 1. The SMILES string of the molecule is CCN(CC)CCN(C(=O)c1ccccc1C)c1nc2c(C)cccc2s1.Cl. The second kappa shape index (κ2) is 10.0. The topological polar surface area (TPSA) is 36.4 Å². The van der Waals surface area contributed by atoms with E-state index in [1.54, 1.807) is 11.3 Å². The summed E-state index contributed by atoms with van der Waals surface area (Å²) in [6, 6.07) is 14.0. The molecular formula is C22H28ClN3OS. The molecule has 0 spiro atoms. The molecule has 6 heteroatoms. The summed E-state index contributed by atoms with van der Waals surface area (Å²) in [4.78, 5) is 22.4. The highest BCUT2D eigenvalue weighted by Gasteiger charge is 2.23. The normalized spacial score (nSPS) is 10.9. The molecule has 0 fully saturated rings. The Kier molecular flexibility index (Phi) is 7.98. The highest BCUT2D eigenvalue weighted by atomic mass is 35.5. The highest BCUT2D eigenvalue weighted by molar-refractivity contribution is 7.22. The Labute approximate surface area is 177 Å². The number of nitrogens with zero attached hydrogens (tertiary/aromatic N) is 3. The average molecular weight is 418 g/mol. The molecule has 1 amide bonds. The van der Waals surface area contributed by atoms with Gasteiger partial charge in [0.2, 0.25) is 0 Å². The molecule has 0 N–H and O–H groups in total. The predicted octanol–water partition coefficient (Wildman–Crippen LogP) is 5.32. The van der Waals surface area contributed by atoms with Crippen molar-refractivity contribution in [1.82, 2.24) is 9.88 Å². The van der Waals surface area contributed by atoms with E-state index in [2.05, 4.69) is 37.8 Å². The first-order valence-electron chi connectivity index (χ1n) is 9.51. The summed E-state index contributed by atoms with van der Waals surface area (Å²) in [6.45, 7) is 11.8. The van der Waals surface area contributed by atoms with E-state index in [9.17, 15) is 4.79 Å². The molecule has 0 atom stereocenters. The van der Waals surface area contributed by atoms with E-state index in [0.717, 1.165) is 51.7 Å². The Morgan fingerprint density at radius 1 is 0.964 bits per heavy atom. The van der Waals surface area contributed by atoms with Gasteiger partial charge in [0, 0.05) is 18.7 Å². The van der Waals surface area contributed by atoms with E-state index in [1.165, 1.54) is 0 Å². The van der Waals surface area contributed by atoms with Crippen LogP contribution in [0.25, 0.3) is 10.2 Å². The third-order valence-electron chi connectivity index (χ3n) is 5.00. The van der Waals surface area contributed by atoms with Gasteiger partial charge in [-0.2, -0.15) is 0 Å². The number of para-hydroxylation sites is 1.